The van der Waals surface area contributed by atoms with Crippen LogP contribution in [0.1, 0.15) is 45.9 Å². The fraction of sp³-hybridized carbons (Fsp3) is 0.846. The number of nitrogens with one attached hydrogen (secondary N) is 1. The Hall–Kier alpha value is -0.900. The monoisotopic (exact) mass is 235 g/mol. The maximum absolute atomic E-state index is 4.77. The van der Waals surface area contributed by atoms with Gasteiger partial charge in [0, 0.05) is 6.04 Å². The smallest absolute Gasteiger partial charge is 0.213 e. The molecule has 2 aliphatic carbocycles. The van der Waals surface area contributed by atoms with E-state index in [1.165, 1.54) is 25.7 Å². The van der Waals surface area contributed by atoms with Gasteiger partial charge in [0.05, 0.1) is 6.54 Å². The lowest BCUT2D eigenvalue weighted by atomic mass is 9.68. The van der Waals surface area contributed by atoms with Crippen LogP contribution in [0, 0.1) is 16.7 Å². The van der Waals surface area contributed by atoms with E-state index in [1.54, 1.807) is 0 Å². The first-order chi connectivity index (χ1) is 8.02. The summed E-state index contributed by atoms with van der Waals surface area (Å²) in [6, 6.07) is 0.562. The number of hydrogen-bond acceptors (Lipinski definition) is 4. The number of aromatic nitrogens is 2. The van der Waals surface area contributed by atoms with E-state index in [-0.39, 0.29) is 0 Å². The lowest BCUT2D eigenvalue weighted by Gasteiger charge is -2.43. The van der Waals surface area contributed by atoms with E-state index in [2.05, 4.69) is 36.2 Å². The lowest BCUT2D eigenvalue weighted by Crippen LogP contribution is -2.50. The third kappa shape index (κ3) is 1.61. The van der Waals surface area contributed by atoms with E-state index in [0.717, 1.165) is 11.7 Å². The van der Waals surface area contributed by atoms with Gasteiger partial charge in [-0.05, 0) is 36.0 Å². The highest BCUT2D eigenvalue weighted by atomic mass is 16.5. The fourth-order valence-corrected chi connectivity index (χ4v) is 4.28. The van der Waals surface area contributed by atoms with E-state index in [0.29, 0.717) is 23.4 Å². The first-order valence-electron chi connectivity index (χ1n) is 6.51. The van der Waals surface area contributed by atoms with Crippen LogP contribution in [0.4, 0.5) is 0 Å². The summed E-state index contributed by atoms with van der Waals surface area (Å²) in [7, 11) is 0. The molecule has 0 radical (unpaired) electrons. The van der Waals surface area contributed by atoms with Gasteiger partial charge in [0.2, 0.25) is 6.39 Å². The SMILES string of the molecule is CC12CCC(C1)C(C)(C)C2NCc1ncon1. The molecular weight excluding hydrogens is 214 g/mol. The largest absolute Gasteiger partial charge is 0.343 e. The second kappa shape index (κ2) is 3.55. The van der Waals surface area contributed by atoms with Crippen molar-refractivity contribution >= 4 is 0 Å². The van der Waals surface area contributed by atoms with Crippen LogP contribution >= 0.6 is 0 Å². The average Bonchev–Trinajstić information content (AvgIpc) is 2.90. The van der Waals surface area contributed by atoms with Gasteiger partial charge in [0.1, 0.15) is 0 Å². The Morgan fingerprint density at radius 3 is 2.88 bits per heavy atom. The van der Waals surface area contributed by atoms with Crippen LogP contribution in [0.5, 0.6) is 0 Å². The van der Waals surface area contributed by atoms with Crippen molar-refractivity contribution in [1.82, 2.24) is 15.5 Å². The zero-order chi connectivity index (χ0) is 12.1. The van der Waals surface area contributed by atoms with Crippen LogP contribution in [0.2, 0.25) is 0 Å². The van der Waals surface area contributed by atoms with Crippen LogP contribution in [0.15, 0.2) is 10.9 Å². The molecule has 2 saturated carbocycles. The molecule has 1 N–H and O–H groups in total. The maximum Gasteiger partial charge on any atom is 0.213 e. The van der Waals surface area contributed by atoms with Gasteiger partial charge < -0.3 is 9.84 Å². The molecule has 3 rings (SSSR count). The summed E-state index contributed by atoms with van der Waals surface area (Å²) in [5.41, 5.74) is 0.842. The molecule has 1 aromatic heterocycles. The topological polar surface area (TPSA) is 51.0 Å². The second-order valence-corrected chi connectivity index (χ2v) is 6.58. The Morgan fingerprint density at radius 2 is 2.29 bits per heavy atom. The van der Waals surface area contributed by atoms with Gasteiger partial charge in [-0.2, -0.15) is 4.98 Å². The fourth-order valence-electron chi connectivity index (χ4n) is 4.28. The zero-order valence-corrected chi connectivity index (χ0v) is 10.9. The number of fused-ring (bicyclic) bond motifs is 2. The summed E-state index contributed by atoms with van der Waals surface area (Å²) in [5, 5.41) is 7.52. The molecule has 1 heterocycles. The highest BCUT2D eigenvalue weighted by Gasteiger charge is 2.58. The zero-order valence-electron chi connectivity index (χ0n) is 10.9. The van der Waals surface area contributed by atoms with Gasteiger partial charge in [-0.1, -0.05) is 25.9 Å². The molecule has 3 unspecified atom stereocenters. The predicted molar refractivity (Wildman–Crippen MR) is 64.2 cm³/mol. The van der Waals surface area contributed by atoms with Crippen molar-refractivity contribution in [1.29, 1.82) is 0 Å². The Bertz CT molecular complexity index is 396. The third-order valence-electron chi connectivity index (χ3n) is 5.14. The normalized spacial score (nSPS) is 38.8. The molecule has 1 aromatic rings. The van der Waals surface area contributed by atoms with E-state index in [4.69, 9.17) is 4.52 Å². The molecular formula is C13H21N3O. The van der Waals surface area contributed by atoms with E-state index >= 15 is 0 Å². The molecule has 0 spiro atoms. The van der Waals surface area contributed by atoms with Crippen molar-refractivity contribution in [3.63, 3.8) is 0 Å². The molecule has 3 atom stereocenters. The van der Waals surface area contributed by atoms with E-state index in [9.17, 15) is 0 Å². The van der Waals surface area contributed by atoms with Crippen molar-refractivity contribution in [2.45, 2.75) is 52.6 Å². The highest BCUT2D eigenvalue weighted by molar-refractivity contribution is 5.12. The highest BCUT2D eigenvalue weighted by Crippen LogP contribution is 2.62. The molecule has 94 valence electrons. The minimum Gasteiger partial charge on any atom is -0.343 e. The molecule has 2 fully saturated rings. The van der Waals surface area contributed by atoms with Crippen molar-refractivity contribution in [3.05, 3.63) is 12.2 Å². The standard InChI is InChI=1S/C13H21N3O/c1-12(2)9-4-5-13(3,6-9)11(12)14-7-10-15-8-17-16-10/h8-9,11,14H,4-7H2,1-3H3. The molecule has 17 heavy (non-hydrogen) atoms. The molecule has 4 heteroatoms. The first-order valence-corrected chi connectivity index (χ1v) is 6.51. The second-order valence-electron chi connectivity index (χ2n) is 6.58. The number of hydrogen-bond donors (Lipinski definition) is 1. The summed E-state index contributed by atoms with van der Waals surface area (Å²) < 4.78 is 4.77. The van der Waals surface area contributed by atoms with Gasteiger partial charge in [-0.3, -0.25) is 0 Å². The summed E-state index contributed by atoms with van der Waals surface area (Å²) >= 11 is 0. The van der Waals surface area contributed by atoms with Gasteiger partial charge in [0.15, 0.2) is 5.82 Å². The molecule has 2 bridgehead atoms. The number of rotatable bonds is 3. The molecule has 2 aliphatic rings. The summed E-state index contributed by atoms with van der Waals surface area (Å²) in [4.78, 5) is 4.07. The summed E-state index contributed by atoms with van der Waals surface area (Å²) in [6.45, 7) is 7.94. The van der Waals surface area contributed by atoms with Gasteiger partial charge in [-0.25, -0.2) is 0 Å². The third-order valence-corrected chi connectivity index (χ3v) is 5.14. The average molecular weight is 235 g/mol. The van der Waals surface area contributed by atoms with Crippen molar-refractivity contribution in [2.24, 2.45) is 16.7 Å². The Kier molecular flexibility index (Phi) is 2.34. The van der Waals surface area contributed by atoms with Crippen LogP contribution in [0.25, 0.3) is 0 Å². The quantitative estimate of drug-likeness (QED) is 0.874. The summed E-state index contributed by atoms with van der Waals surface area (Å²) in [6.07, 6.45) is 5.50. The Labute approximate surface area is 102 Å². The van der Waals surface area contributed by atoms with Crippen LogP contribution < -0.4 is 5.32 Å². The van der Waals surface area contributed by atoms with Crippen LogP contribution in [-0.4, -0.2) is 16.2 Å². The minimum atomic E-state index is 0.386. The lowest BCUT2D eigenvalue weighted by molar-refractivity contribution is 0.107. The van der Waals surface area contributed by atoms with E-state index in [1.807, 2.05) is 0 Å². The first kappa shape index (κ1) is 11.2. The molecule has 0 amide bonds. The predicted octanol–water partition coefficient (Wildman–Crippen LogP) is 2.37. The van der Waals surface area contributed by atoms with Gasteiger partial charge in [-0.15, -0.1) is 0 Å². The molecule has 4 nitrogen and oxygen atoms in total. The number of nitrogens with zero attached hydrogens (tertiary/aromatic N) is 2. The van der Waals surface area contributed by atoms with E-state index < -0.39 is 0 Å². The van der Waals surface area contributed by atoms with Crippen LogP contribution in [-0.2, 0) is 6.54 Å². The van der Waals surface area contributed by atoms with Crippen molar-refractivity contribution in [3.8, 4) is 0 Å². The van der Waals surface area contributed by atoms with Gasteiger partial charge >= 0.3 is 0 Å². The molecule has 0 saturated heterocycles. The molecule has 0 aliphatic heterocycles. The van der Waals surface area contributed by atoms with Crippen molar-refractivity contribution in [2.75, 3.05) is 0 Å². The van der Waals surface area contributed by atoms with Crippen LogP contribution in [0.3, 0.4) is 0 Å². The minimum absolute atomic E-state index is 0.386. The Morgan fingerprint density at radius 1 is 1.47 bits per heavy atom. The maximum atomic E-state index is 4.77. The van der Waals surface area contributed by atoms with Crippen molar-refractivity contribution < 1.29 is 4.52 Å². The van der Waals surface area contributed by atoms with Gasteiger partial charge in [0.25, 0.3) is 0 Å². The summed E-state index contributed by atoms with van der Waals surface area (Å²) in [5.74, 6) is 1.63. The Balaban J connectivity index is 1.74. The molecule has 0 aromatic carbocycles.